The molecule has 1 aromatic carbocycles. The largest absolute Gasteiger partial charge is 0.384 e. The number of benzene rings is 1. The van der Waals surface area contributed by atoms with Gasteiger partial charge < -0.3 is 19.9 Å². The Kier molecular flexibility index (Phi) is 5.72. The zero-order valence-corrected chi connectivity index (χ0v) is 17.9. The van der Waals surface area contributed by atoms with Crippen molar-refractivity contribution in [1.29, 1.82) is 0 Å². The molecule has 0 unspecified atom stereocenters. The van der Waals surface area contributed by atoms with Crippen molar-refractivity contribution in [3.8, 4) is 0 Å². The van der Waals surface area contributed by atoms with Crippen LogP contribution in [0.25, 0.3) is 10.9 Å². The lowest BCUT2D eigenvalue weighted by atomic mass is 9.79. The summed E-state index contributed by atoms with van der Waals surface area (Å²) in [5, 5.41) is 15.2. The van der Waals surface area contributed by atoms with Crippen LogP contribution in [0, 0.1) is 5.82 Å². The smallest absolute Gasteiger partial charge is 0.266 e. The van der Waals surface area contributed by atoms with Gasteiger partial charge in [-0.25, -0.2) is 13.2 Å². The fraction of sp³-hybridized carbons (Fsp3) is 0.417. The van der Waals surface area contributed by atoms with E-state index < -0.39 is 29.2 Å². The second kappa shape index (κ2) is 8.55. The van der Waals surface area contributed by atoms with Gasteiger partial charge in [0.15, 0.2) is 5.79 Å². The number of rotatable bonds is 5. The molecule has 0 radical (unpaired) electrons. The Morgan fingerprint density at radius 3 is 2.55 bits per heavy atom. The van der Waals surface area contributed by atoms with Crippen LogP contribution in [0.5, 0.6) is 0 Å². The first kappa shape index (κ1) is 22.1. The summed E-state index contributed by atoms with van der Waals surface area (Å²) in [4.78, 5) is 8.78. The van der Waals surface area contributed by atoms with Gasteiger partial charge in [-0.1, -0.05) is 18.2 Å². The van der Waals surface area contributed by atoms with E-state index in [0.29, 0.717) is 61.2 Å². The number of hydrogen-bond donors (Lipinski definition) is 2. The van der Waals surface area contributed by atoms with Crippen LogP contribution in [-0.4, -0.2) is 34.1 Å². The number of pyridine rings is 2. The van der Waals surface area contributed by atoms with Gasteiger partial charge in [-0.15, -0.1) is 0 Å². The molecule has 1 saturated heterocycles. The van der Waals surface area contributed by atoms with E-state index in [1.54, 1.807) is 24.5 Å². The summed E-state index contributed by atoms with van der Waals surface area (Å²) in [7, 11) is 0. The summed E-state index contributed by atoms with van der Waals surface area (Å²) in [5.74, 6) is -1.52. The molecule has 0 amide bonds. The molecule has 1 saturated carbocycles. The molecular formula is C24H24F3N3O3. The summed E-state index contributed by atoms with van der Waals surface area (Å²) in [6.45, 7) is 1.15. The van der Waals surface area contributed by atoms with E-state index in [-0.39, 0.29) is 12.1 Å². The Bertz CT molecular complexity index is 1160. The summed E-state index contributed by atoms with van der Waals surface area (Å²) >= 11 is 0. The highest BCUT2D eigenvalue weighted by Crippen LogP contribution is 2.45. The Morgan fingerprint density at radius 2 is 1.82 bits per heavy atom. The molecule has 2 aliphatic rings. The minimum absolute atomic E-state index is 0.0185. The molecule has 1 spiro atoms. The number of anilines is 1. The monoisotopic (exact) mass is 459 g/mol. The van der Waals surface area contributed by atoms with Gasteiger partial charge in [0.2, 0.25) is 0 Å². The summed E-state index contributed by atoms with van der Waals surface area (Å²) in [6.07, 6.45) is 2.34. The first-order valence-corrected chi connectivity index (χ1v) is 10.9. The van der Waals surface area contributed by atoms with Crippen LogP contribution in [-0.2, 0) is 21.6 Å². The van der Waals surface area contributed by atoms with Gasteiger partial charge in [0.25, 0.3) is 6.43 Å². The molecule has 3 heterocycles. The fourth-order valence-corrected chi connectivity index (χ4v) is 4.64. The fourth-order valence-electron chi connectivity index (χ4n) is 4.64. The van der Waals surface area contributed by atoms with Crippen LogP contribution in [0.1, 0.15) is 48.9 Å². The molecule has 2 N–H and O–H groups in total. The van der Waals surface area contributed by atoms with Crippen molar-refractivity contribution in [2.45, 2.75) is 50.0 Å². The number of aromatic nitrogens is 2. The first-order chi connectivity index (χ1) is 15.9. The Morgan fingerprint density at radius 1 is 1.06 bits per heavy atom. The number of aliphatic hydroxyl groups is 1. The van der Waals surface area contributed by atoms with Gasteiger partial charge in [-0.05, 0) is 25.0 Å². The Labute approximate surface area is 188 Å². The van der Waals surface area contributed by atoms with Gasteiger partial charge in [0.05, 0.1) is 36.2 Å². The summed E-state index contributed by atoms with van der Waals surface area (Å²) < 4.78 is 52.0. The molecular weight excluding hydrogens is 435 g/mol. The molecule has 5 rings (SSSR count). The Hall–Kier alpha value is -2.75. The maximum Gasteiger partial charge on any atom is 0.266 e. The average Bonchev–Trinajstić information content (AvgIpc) is 3.28. The second-order valence-electron chi connectivity index (χ2n) is 8.56. The van der Waals surface area contributed by atoms with Gasteiger partial charge in [-0.2, -0.15) is 0 Å². The summed E-state index contributed by atoms with van der Waals surface area (Å²) in [5.41, 5.74) is 0.157. The lowest BCUT2D eigenvalue weighted by Crippen LogP contribution is -2.42. The maximum atomic E-state index is 14.4. The number of alkyl halides is 2. The number of nitrogens with zero attached hydrogens (tertiary/aromatic N) is 2. The molecule has 6 nitrogen and oxygen atoms in total. The number of halogens is 3. The SMILES string of the molecule is OC1(c2cc3c(NCc4cccc(C(F)F)c4F)ccnc3cn2)CCC2(CC1)OCCO2. The van der Waals surface area contributed by atoms with Crippen LogP contribution in [0.4, 0.5) is 18.9 Å². The van der Waals surface area contributed by atoms with Crippen molar-refractivity contribution in [2.75, 3.05) is 18.5 Å². The van der Waals surface area contributed by atoms with Gasteiger partial charge >= 0.3 is 0 Å². The van der Waals surface area contributed by atoms with Gasteiger partial charge in [-0.3, -0.25) is 9.97 Å². The average molecular weight is 459 g/mol. The third-order valence-corrected chi connectivity index (χ3v) is 6.57. The molecule has 2 aromatic heterocycles. The van der Waals surface area contributed by atoms with Crippen molar-refractivity contribution < 1.29 is 27.8 Å². The number of nitrogens with one attached hydrogen (secondary N) is 1. The lowest BCUT2D eigenvalue weighted by Gasteiger charge is -2.40. The van der Waals surface area contributed by atoms with E-state index in [1.165, 1.54) is 12.1 Å². The molecule has 0 atom stereocenters. The van der Waals surface area contributed by atoms with Crippen LogP contribution in [0.15, 0.2) is 42.7 Å². The van der Waals surface area contributed by atoms with E-state index in [4.69, 9.17) is 9.47 Å². The predicted molar refractivity (Wildman–Crippen MR) is 115 cm³/mol. The topological polar surface area (TPSA) is 76.5 Å². The minimum atomic E-state index is -2.88. The number of hydrogen-bond acceptors (Lipinski definition) is 6. The molecule has 2 fully saturated rings. The molecule has 3 aromatic rings. The molecule has 1 aliphatic carbocycles. The van der Waals surface area contributed by atoms with Crippen molar-refractivity contribution in [3.63, 3.8) is 0 Å². The molecule has 174 valence electrons. The minimum Gasteiger partial charge on any atom is -0.384 e. The maximum absolute atomic E-state index is 14.4. The van der Waals surface area contributed by atoms with E-state index >= 15 is 0 Å². The number of ether oxygens (including phenoxy) is 2. The molecule has 9 heteroatoms. The molecule has 1 aliphatic heterocycles. The van der Waals surface area contributed by atoms with E-state index in [9.17, 15) is 18.3 Å². The predicted octanol–water partition coefficient (Wildman–Crippen LogP) is 4.82. The molecule has 33 heavy (non-hydrogen) atoms. The third-order valence-electron chi connectivity index (χ3n) is 6.57. The summed E-state index contributed by atoms with van der Waals surface area (Å²) in [6, 6.07) is 7.47. The van der Waals surface area contributed by atoms with E-state index in [0.717, 1.165) is 6.07 Å². The van der Waals surface area contributed by atoms with Crippen LogP contribution in [0.3, 0.4) is 0 Å². The zero-order valence-electron chi connectivity index (χ0n) is 17.9. The van der Waals surface area contributed by atoms with E-state index in [1.807, 2.05) is 0 Å². The normalized spacial score (nSPS) is 19.4. The third kappa shape index (κ3) is 4.16. The zero-order chi connectivity index (χ0) is 23.1. The second-order valence-corrected chi connectivity index (χ2v) is 8.56. The van der Waals surface area contributed by atoms with Crippen LogP contribution < -0.4 is 5.32 Å². The standard InChI is InChI=1S/C24H24F3N3O3/c25-21-15(2-1-3-16(21)22(26)27)13-29-18-4-9-28-19-14-30-20(12-17(18)19)23(31)5-7-24(8-6-23)32-10-11-33-24/h1-4,9,12,14,22,31H,5-8,10-11,13H2,(H,28,29). The van der Waals surface area contributed by atoms with Crippen LogP contribution in [0.2, 0.25) is 0 Å². The lowest BCUT2D eigenvalue weighted by molar-refractivity contribution is -0.204. The molecule has 0 bridgehead atoms. The Balaban J connectivity index is 1.40. The highest BCUT2D eigenvalue weighted by atomic mass is 19.3. The van der Waals surface area contributed by atoms with Gasteiger partial charge in [0, 0.05) is 42.2 Å². The van der Waals surface area contributed by atoms with Crippen LogP contribution >= 0.6 is 0 Å². The quantitative estimate of drug-likeness (QED) is 0.570. The highest BCUT2D eigenvalue weighted by molar-refractivity contribution is 5.90. The van der Waals surface area contributed by atoms with Crippen molar-refractivity contribution in [1.82, 2.24) is 9.97 Å². The van der Waals surface area contributed by atoms with Crippen molar-refractivity contribution >= 4 is 16.6 Å². The van der Waals surface area contributed by atoms with E-state index in [2.05, 4.69) is 15.3 Å². The van der Waals surface area contributed by atoms with Gasteiger partial charge in [0.1, 0.15) is 11.4 Å². The van der Waals surface area contributed by atoms with Crippen molar-refractivity contribution in [2.24, 2.45) is 0 Å². The highest BCUT2D eigenvalue weighted by Gasteiger charge is 2.46. The van der Waals surface area contributed by atoms with Crippen molar-refractivity contribution in [3.05, 3.63) is 65.4 Å². The first-order valence-electron chi connectivity index (χ1n) is 10.9. The number of fused-ring (bicyclic) bond motifs is 1.